The average molecular weight is 482 g/mol. The van der Waals surface area contributed by atoms with Crippen molar-refractivity contribution in [1.29, 1.82) is 0 Å². The Morgan fingerprint density at radius 1 is 1.06 bits per heavy atom. The zero-order valence-electron chi connectivity index (χ0n) is 20.7. The Balaban J connectivity index is 1.29. The first kappa shape index (κ1) is 25.2. The summed E-state index contributed by atoms with van der Waals surface area (Å²) in [5, 5.41) is 2.34. The molecule has 1 aromatic heterocycles. The summed E-state index contributed by atoms with van der Waals surface area (Å²) in [6.07, 6.45) is 9.21. The van der Waals surface area contributed by atoms with Crippen LogP contribution >= 0.6 is 0 Å². The number of nitrogens with one attached hydrogen (secondary N) is 1. The molecule has 3 heterocycles. The van der Waals surface area contributed by atoms with Gasteiger partial charge in [-0.05, 0) is 38.3 Å². The van der Waals surface area contributed by atoms with E-state index in [1.807, 2.05) is 25.1 Å². The summed E-state index contributed by atoms with van der Waals surface area (Å²) in [6, 6.07) is 4.91. The molecule has 1 aromatic carbocycles. The number of aryl methyl sites for hydroxylation is 1. The molecule has 0 bridgehead atoms. The van der Waals surface area contributed by atoms with Crippen LogP contribution in [-0.4, -0.2) is 39.9 Å². The number of imide groups is 1. The van der Waals surface area contributed by atoms with Crippen molar-refractivity contribution in [2.75, 3.05) is 13.2 Å². The fourth-order valence-electron chi connectivity index (χ4n) is 4.99. The Kier molecular flexibility index (Phi) is 8.09. The maximum atomic E-state index is 13.0. The van der Waals surface area contributed by atoms with Gasteiger partial charge >= 0.3 is 5.69 Å². The smallest absolute Gasteiger partial charge is 0.329 e. The van der Waals surface area contributed by atoms with Crippen molar-refractivity contribution in [3.8, 4) is 11.8 Å². The Labute approximate surface area is 206 Å². The lowest BCUT2D eigenvalue weighted by atomic mass is 10.0. The zero-order valence-corrected chi connectivity index (χ0v) is 20.7. The van der Waals surface area contributed by atoms with E-state index in [1.165, 1.54) is 23.8 Å². The highest BCUT2D eigenvalue weighted by Crippen LogP contribution is 2.26. The second-order valence-corrected chi connectivity index (χ2v) is 9.61. The summed E-state index contributed by atoms with van der Waals surface area (Å²) in [4.78, 5) is 36.9. The van der Waals surface area contributed by atoms with Gasteiger partial charge < -0.3 is 9.47 Å². The molecule has 2 aliphatic heterocycles. The molecule has 0 saturated carbocycles. The van der Waals surface area contributed by atoms with Crippen molar-refractivity contribution in [1.82, 2.24) is 14.5 Å². The fourth-order valence-corrected chi connectivity index (χ4v) is 4.99. The number of ether oxygens (including phenoxy) is 2. The van der Waals surface area contributed by atoms with E-state index in [1.54, 1.807) is 11.6 Å². The predicted octanol–water partition coefficient (Wildman–Crippen LogP) is 3.55. The second kappa shape index (κ2) is 11.2. The highest BCUT2D eigenvalue weighted by molar-refractivity contribution is 6.00. The molecule has 8 heteroatoms. The maximum absolute atomic E-state index is 13.0. The number of carbonyl (C=O) groups is 2. The average Bonchev–Trinajstić information content (AvgIpc) is 3.37. The number of hydrogen-bond donors (Lipinski definition) is 1. The molecule has 2 amide bonds. The molecular formula is C27H35N3O5. The number of para-hydroxylation sites is 1. The van der Waals surface area contributed by atoms with Crippen LogP contribution in [0.4, 0.5) is 0 Å². The molecule has 8 nitrogen and oxygen atoms in total. The Morgan fingerprint density at radius 3 is 2.51 bits per heavy atom. The number of hydrogen-bond acceptors (Lipinski definition) is 5. The lowest BCUT2D eigenvalue weighted by Gasteiger charge is -2.21. The van der Waals surface area contributed by atoms with E-state index in [4.69, 9.17) is 9.47 Å². The molecule has 35 heavy (non-hydrogen) atoms. The number of carbonyl (C=O) groups excluding carboxylic acids is 2. The minimum absolute atomic E-state index is 0.223. The second-order valence-electron chi connectivity index (χ2n) is 9.61. The highest BCUT2D eigenvalue weighted by Gasteiger charge is 2.32. The van der Waals surface area contributed by atoms with E-state index in [2.05, 4.69) is 17.2 Å². The largest absolute Gasteiger partial charge is 0.348 e. The summed E-state index contributed by atoms with van der Waals surface area (Å²) in [6.45, 7) is 3.43. The minimum atomic E-state index is -0.687. The number of rotatable bonds is 9. The lowest BCUT2D eigenvalue weighted by molar-refractivity contribution is -0.147. The van der Waals surface area contributed by atoms with Crippen molar-refractivity contribution < 1.29 is 19.1 Å². The SMILES string of the molecule is Cn1c(=O)n(C2CCC(=O)NC2=O)c2cccc(C#CCCCCCCCCC3(C)OCCO3)c21. The van der Waals surface area contributed by atoms with Crippen LogP contribution in [0.25, 0.3) is 11.0 Å². The van der Waals surface area contributed by atoms with Crippen LogP contribution in [0.15, 0.2) is 23.0 Å². The summed E-state index contributed by atoms with van der Waals surface area (Å²) < 4.78 is 14.3. The van der Waals surface area contributed by atoms with E-state index < -0.39 is 11.9 Å². The molecule has 0 radical (unpaired) electrons. The molecule has 1 atom stereocenters. The Bertz CT molecular complexity index is 1190. The first-order chi connectivity index (χ1) is 16.9. The third-order valence-electron chi connectivity index (χ3n) is 6.93. The van der Waals surface area contributed by atoms with E-state index in [-0.39, 0.29) is 23.8 Å². The van der Waals surface area contributed by atoms with Gasteiger partial charge in [-0.1, -0.05) is 43.6 Å². The molecule has 188 valence electrons. The van der Waals surface area contributed by atoms with Gasteiger partial charge in [-0.15, -0.1) is 0 Å². The van der Waals surface area contributed by atoms with Gasteiger partial charge in [0.05, 0.1) is 29.8 Å². The molecule has 2 fully saturated rings. The van der Waals surface area contributed by atoms with Gasteiger partial charge in [-0.2, -0.15) is 0 Å². The molecule has 0 spiro atoms. The van der Waals surface area contributed by atoms with E-state index in [9.17, 15) is 14.4 Å². The van der Waals surface area contributed by atoms with Crippen molar-refractivity contribution >= 4 is 22.8 Å². The summed E-state index contributed by atoms with van der Waals surface area (Å²) >= 11 is 0. The van der Waals surface area contributed by atoms with Gasteiger partial charge in [0.15, 0.2) is 5.79 Å². The van der Waals surface area contributed by atoms with Crippen molar-refractivity contribution in [3.63, 3.8) is 0 Å². The van der Waals surface area contributed by atoms with E-state index >= 15 is 0 Å². The zero-order chi connectivity index (χ0) is 24.8. The third kappa shape index (κ3) is 5.85. The van der Waals surface area contributed by atoms with Crippen LogP contribution in [0.5, 0.6) is 0 Å². The number of unbranched alkanes of at least 4 members (excludes halogenated alkanes) is 6. The van der Waals surface area contributed by atoms with Gasteiger partial charge in [0.25, 0.3) is 0 Å². The molecule has 1 N–H and O–H groups in total. The summed E-state index contributed by atoms with van der Waals surface area (Å²) in [5.41, 5.74) is 1.89. The normalized spacial score (nSPS) is 19.5. The molecule has 2 aliphatic rings. The first-order valence-corrected chi connectivity index (χ1v) is 12.7. The van der Waals surface area contributed by atoms with Crippen LogP contribution in [0.1, 0.15) is 82.7 Å². The quantitative estimate of drug-likeness (QED) is 0.336. The molecule has 1 unspecified atom stereocenters. The number of piperidine rings is 1. The minimum Gasteiger partial charge on any atom is -0.348 e. The number of aromatic nitrogens is 2. The van der Waals surface area contributed by atoms with Crippen LogP contribution < -0.4 is 11.0 Å². The Morgan fingerprint density at radius 2 is 1.77 bits per heavy atom. The van der Waals surface area contributed by atoms with Crippen LogP contribution in [-0.2, 0) is 26.1 Å². The van der Waals surface area contributed by atoms with Crippen molar-refractivity contribution in [2.45, 2.75) is 83.0 Å². The third-order valence-corrected chi connectivity index (χ3v) is 6.93. The molecule has 2 aromatic rings. The van der Waals surface area contributed by atoms with E-state index in [0.29, 0.717) is 25.2 Å². The number of benzene rings is 1. The van der Waals surface area contributed by atoms with Crippen LogP contribution in [0.2, 0.25) is 0 Å². The topological polar surface area (TPSA) is 91.6 Å². The standard InChI is InChI=1S/C27H35N3O5/c1-27(34-18-19-35-27)17-10-8-6-4-3-5-7-9-12-20-13-11-14-21-24(20)29(2)26(33)30(21)22-15-16-23(31)28-25(22)32/h11,13-14,22H,3-8,10,15-19H2,1-2H3,(H,28,31,32). The molecular weight excluding hydrogens is 446 g/mol. The summed E-state index contributed by atoms with van der Waals surface area (Å²) in [7, 11) is 1.70. The van der Waals surface area contributed by atoms with Gasteiger partial charge in [0.2, 0.25) is 11.8 Å². The number of fused-ring (bicyclic) bond motifs is 1. The number of amides is 2. The molecule has 2 saturated heterocycles. The number of imidazole rings is 1. The van der Waals surface area contributed by atoms with Gasteiger partial charge in [-0.25, -0.2) is 4.79 Å². The van der Waals surface area contributed by atoms with Crippen molar-refractivity contribution in [2.24, 2.45) is 7.05 Å². The molecule has 0 aliphatic carbocycles. The van der Waals surface area contributed by atoms with Crippen molar-refractivity contribution in [3.05, 3.63) is 34.2 Å². The maximum Gasteiger partial charge on any atom is 0.329 e. The van der Waals surface area contributed by atoms with Gasteiger partial charge in [0.1, 0.15) is 6.04 Å². The number of nitrogens with zero attached hydrogens (tertiary/aromatic N) is 2. The summed E-state index contributed by atoms with van der Waals surface area (Å²) in [5.74, 6) is 5.39. The van der Waals surface area contributed by atoms with Gasteiger partial charge in [0, 0.05) is 26.3 Å². The van der Waals surface area contributed by atoms with Crippen LogP contribution in [0, 0.1) is 11.8 Å². The Hall–Kier alpha value is -2.89. The fraction of sp³-hybridized carbons (Fsp3) is 0.593. The van der Waals surface area contributed by atoms with E-state index in [0.717, 1.165) is 43.2 Å². The van der Waals surface area contributed by atoms with Gasteiger partial charge in [-0.3, -0.25) is 24.0 Å². The van der Waals surface area contributed by atoms with Crippen LogP contribution in [0.3, 0.4) is 0 Å². The monoisotopic (exact) mass is 481 g/mol. The predicted molar refractivity (Wildman–Crippen MR) is 133 cm³/mol. The molecule has 4 rings (SSSR count). The first-order valence-electron chi connectivity index (χ1n) is 12.7. The highest BCUT2D eigenvalue weighted by atomic mass is 16.7. The lowest BCUT2D eigenvalue weighted by Crippen LogP contribution is -2.44.